The van der Waals surface area contributed by atoms with E-state index in [1.165, 1.54) is 0 Å². The second-order valence-corrected chi connectivity index (χ2v) is 1.99. The zero-order valence-corrected chi connectivity index (χ0v) is 5.99. The third-order valence-electron chi connectivity index (χ3n) is 0.852. The first kappa shape index (κ1) is 8.38. The molecule has 1 aromatic heterocycles. The maximum atomic E-state index is 11.7. The number of hydrogen-bond acceptors (Lipinski definition) is 4. The number of rotatable bonds is 1. The molecule has 11 heavy (non-hydrogen) atoms. The molecule has 0 radical (unpaired) electrons. The van der Waals surface area contributed by atoms with Gasteiger partial charge >= 0.3 is 12.1 Å². The lowest BCUT2D eigenvalue weighted by molar-refractivity contribution is -0.159. The number of thiol groups is 1. The van der Waals surface area contributed by atoms with Crippen molar-refractivity contribution in [3.05, 3.63) is 11.7 Å². The minimum absolute atomic E-state index is 0.0274. The van der Waals surface area contributed by atoms with Crippen molar-refractivity contribution in [3.8, 4) is 0 Å². The van der Waals surface area contributed by atoms with Crippen LogP contribution in [0.2, 0.25) is 0 Å². The Hall–Kier alpha value is -0.720. The van der Waals surface area contributed by atoms with E-state index in [0.29, 0.717) is 0 Å². The molecule has 0 atom stereocenters. The molecule has 3 nitrogen and oxygen atoms in total. The molecule has 0 bridgehead atoms. The van der Waals surface area contributed by atoms with Gasteiger partial charge in [-0.05, 0) is 0 Å². The molecule has 0 aliphatic heterocycles. The van der Waals surface area contributed by atoms with Crippen LogP contribution in [0.15, 0.2) is 4.52 Å². The van der Waals surface area contributed by atoms with E-state index >= 15 is 0 Å². The van der Waals surface area contributed by atoms with Gasteiger partial charge in [-0.2, -0.15) is 30.8 Å². The fraction of sp³-hybridized carbons (Fsp3) is 0.500. The van der Waals surface area contributed by atoms with E-state index in [-0.39, 0.29) is 11.6 Å². The lowest BCUT2D eigenvalue weighted by Crippen LogP contribution is -2.04. The second kappa shape index (κ2) is 2.72. The van der Waals surface area contributed by atoms with Gasteiger partial charge in [-0.15, -0.1) is 0 Å². The smallest absolute Gasteiger partial charge is 0.329 e. The van der Waals surface area contributed by atoms with Gasteiger partial charge in [0.2, 0.25) is 0 Å². The largest absolute Gasteiger partial charge is 0.471 e. The van der Waals surface area contributed by atoms with Gasteiger partial charge in [0.05, 0.1) is 5.75 Å². The second-order valence-electron chi connectivity index (χ2n) is 1.67. The van der Waals surface area contributed by atoms with E-state index in [1.807, 2.05) is 0 Å². The quantitative estimate of drug-likeness (QED) is 0.672. The van der Waals surface area contributed by atoms with Crippen LogP contribution in [0, 0.1) is 0 Å². The molecule has 62 valence electrons. The normalized spacial score (nSPS) is 12.0. The zero-order valence-electron chi connectivity index (χ0n) is 5.09. The minimum Gasteiger partial charge on any atom is -0.329 e. The monoisotopic (exact) mass is 184 g/mol. The van der Waals surface area contributed by atoms with Crippen molar-refractivity contribution in [2.45, 2.75) is 11.9 Å². The Morgan fingerprint density at radius 2 is 2.09 bits per heavy atom. The summed E-state index contributed by atoms with van der Waals surface area (Å²) in [5.74, 6) is -1.37. The first-order valence-corrected chi connectivity index (χ1v) is 3.18. The van der Waals surface area contributed by atoms with E-state index in [2.05, 4.69) is 27.3 Å². The summed E-state index contributed by atoms with van der Waals surface area (Å²) in [6.07, 6.45) is -4.56. The molecule has 0 amide bonds. The highest BCUT2D eigenvalue weighted by Crippen LogP contribution is 2.27. The van der Waals surface area contributed by atoms with E-state index < -0.39 is 12.1 Å². The summed E-state index contributed by atoms with van der Waals surface area (Å²) in [6.45, 7) is 0. The molecule has 0 N–H and O–H groups in total. The average molecular weight is 184 g/mol. The van der Waals surface area contributed by atoms with Gasteiger partial charge in [-0.1, -0.05) is 5.16 Å². The predicted octanol–water partition coefficient (Wildman–Crippen LogP) is 1.52. The van der Waals surface area contributed by atoms with Gasteiger partial charge in [-0.3, -0.25) is 0 Å². The highest BCUT2D eigenvalue weighted by molar-refractivity contribution is 7.79. The summed E-state index contributed by atoms with van der Waals surface area (Å²) in [6, 6.07) is 0. The van der Waals surface area contributed by atoms with Crippen LogP contribution in [0.1, 0.15) is 11.7 Å². The van der Waals surface area contributed by atoms with E-state index in [0.717, 1.165) is 0 Å². The fourth-order valence-corrected chi connectivity index (χ4v) is 0.562. The molecule has 1 heterocycles. The molecular weight excluding hydrogens is 181 g/mol. The molecule has 0 saturated heterocycles. The summed E-state index contributed by atoms with van der Waals surface area (Å²) in [7, 11) is 0. The summed E-state index contributed by atoms with van der Waals surface area (Å²) >= 11 is 3.67. The molecular formula is C4H3F3N2OS. The van der Waals surface area contributed by atoms with Crippen LogP contribution in [-0.2, 0) is 11.9 Å². The van der Waals surface area contributed by atoms with Crippen LogP contribution in [0.25, 0.3) is 0 Å². The maximum Gasteiger partial charge on any atom is 0.471 e. The van der Waals surface area contributed by atoms with E-state index in [4.69, 9.17) is 0 Å². The number of alkyl halides is 3. The van der Waals surface area contributed by atoms with Gasteiger partial charge < -0.3 is 4.52 Å². The Bertz CT molecular complexity index is 246. The van der Waals surface area contributed by atoms with Gasteiger partial charge in [-0.25, -0.2) is 0 Å². The van der Waals surface area contributed by atoms with Gasteiger partial charge in [0.25, 0.3) is 0 Å². The topological polar surface area (TPSA) is 38.9 Å². The third kappa shape index (κ3) is 1.86. The van der Waals surface area contributed by atoms with Crippen LogP contribution in [0.4, 0.5) is 13.2 Å². The van der Waals surface area contributed by atoms with Crippen molar-refractivity contribution < 1.29 is 17.7 Å². The molecule has 7 heteroatoms. The number of hydrogen-bond donors (Lipinski definition) is 1. The molecule has 0 fully saturated rings. The van der Waals surface area contributed by atoms with E-state index in [1.54, 1.807) is 0 Å². The minimum atomic E-state index is -4.56. The molecule has 1 aromatic rings. The van der Waals surface area contributed by atoms with Crippen molar-refractivity contribution in [1.82, 2.24) is 10.1 Å². The van der Waals surface area contributed by atoms with E-state index in [9.17, 15) is 13.2 Å². The maximum absolute atomic E-state index is 11.7. The molecule has 1 rings (SSSR count). The highest BCUT2D eigenvalue weighted by atomic mass is 32.1. The van der Waals surface area contributed by atoms with Gasteiger partial charge in [0, 0.05) is 0 Å². The molecule has 0 saturated carbocycles. The molecule has 0 aliphatic carbocycles. The molecule has 0 spiro atoms. The Morgan fingerprint density at radius 3 is 2.36 bits per heavy atom. The number of aromatic nitrogens is 2. The molecule has 0 unspecified atom stereocenters. The van der Waals surface area contributed by atoms with Crippen molar-refractivity contribution in [2.24, 2.45) is 0 Å². The van der Waals surface area contributed by atoms with Crippen molar-refractivity contribution >= 4 is 12.6 Å². The Kier molecular flexibility index (Phi) is 2.08. The first-order chi connectivity index (χ1) is 5.04. The van der Waals surface area contributed by atoms with Crippen LogP contribution >= 0.6 is 12.6 Å². The predicted molar refractivity (Wildman–Crippen MR) is 32.0 cm³/mol. The standard InChI is InChI=1S/C4H3F3N2OS/c5-4(6,7)3-8-2(1-11)9-10-3/h11H,1H2. The Morgan fingerprint density at radius 1 is 1.45 bits per heavy atom. The summed E-state index contributed by atoms with van der Waals surface area (Å²) < 4.78 is 39.0. The Balaban J connectivity index is 2.89. The van der Waals surface area contributed by atoms with Crippen molar-refractivity contribution in [3.63, 3.8) is 0 Å². The van der Waals surface area contributed by atoms with Gasteiger partial charge in [0.15, 0.2) is 5.82 Å². The first-order valence-electron chi connectivity index (χ1n) is 2.54. The highest BCUT2D eigenvalue weighted by Gasteiger charge is 2.38. The van der Waals surface area contributed by atoms with Crippen molar-refractivity contribution in [2.75, 3.05) is 0 Å². The number of nitrogens with zero attached hydrogens (tertiary/aromatic N) is 2. The van der Waals surface area contributed by atoms with Crippen LogP contribution in [-0.4, -0.2) is 10.1 Å². The zero-order chi connectivity index (χ0) is 8.48. The lowest BCUT2D eigenvalue weighted by atomic mass is 10.6. The molecule has 0 aliphatic rings. The number of halogens is 3. The van der Waals surface area contributed by atoms with Crippen LogP contribution < -0.4 is 0 Å². The lowest BCUT2D eigenvalue weighted by Gasteiger charge is -1.95. The Labute approximate surface area is 65.0 Å². The third-order valence-corrected chi connectivity index (χ3v) is 1.13. The SMILES string of the molecule is FC(F)(F)c1nc(CS)no1. The summed E-state index contributed by atoms with van der Waals surface area (Å²) in [5.41, 5.74) is 0. The van der Waals surface area contributed by atoms with Crippen molar-refractivity contribution in [1.29, 1.82) is 0 Å². The molecule has 0 aromatic carbocycles. The average Bonchev–Trinajstić information content (AvgIpc) is 2.32. The van der Waals surface area contributed by atoms with Gasteiger partial charge in [0.1, 0.15) is 0 Å². The van der Waals surface area contributed by atoms with Crippen LogP contribution in [0.3, 0.4) is 0 Å². The van der Waals surface area contributed by atoms with Crippen LogP contribution in [0.5, 0.6) is 0 Å². The fourth-order valence-electron chi connectivity index (χ4n) is 0.433. The summed E-state index contributed by atoms with van der Waals surface area (Å²) in [4.78, 5) is 3.02. The summed E-state index contributed by atoms with van der Waals surface area (Å²) in [5, 5.41) is 3.02.